The molecule has 0 atom stereocenters. The van der Waals surface area contributed by atoms with Crippen LogP contribution >= 0.6 is 0 Å². The molecule has 0 aromatic carbocycles. The van der Waals surface area contributed by atoms with Crippen LogP contribution in [-0.4, -0.2) is 27.6 Å². The smallest absolute Gasteiger partial charge is 0.343 e. The third kappa shape index (κ3) is 3.97. The summed E-state index contributed by atoms with van der Waals surface area (Å²) >= 11 is 0. The topological polar surface area (TPSA) is 126 Å². The Kier molecular flexibility index (Phi) is 6.29. The number of esters is 1. The van der Waals surface area contributed by atoms with E-state index in [9.17, 15) is 20.1 Å². The Labute approximate surface area is 197 Å². The van der Waals surface area contributed by atoms with Crippen LogP contribution in [0.2, 0.25) is 0 Å². The van der Waals surface area contributed by atoms with Crippen LogP contribution in [0.1, 0.15) is 70.2 Å². The number of aromatic nitrogens is 2. The molecule has 0 aliphatic heterocycles. The van der Waals surface area contributed by atoms with Crippen LogP contribution in [0.3, 0.4) is 0 Å². The maximum Gasteiger partial charge on any atom is 0.343 e. The Morgan fingerprint density at radius 3 is 2.38 bits per heavy atom. The molecular weight excluding hydrogens is 434 g/mol. The van der Waals surface area contributed by atoms with Gasteiger partial charge in [0.05, 0.1) is 5.56 Å². The van der Waals surface area contributed by atoms with Crippen molar-refractivity contribution in [2.75, 3.05) is 11.9 Å². The summed E-state index contributed by atoms with van der Waals surface area (Å²) in [6.45, 7) is 4.80. The number of carbonyl (C=O) groups is 2. The molecule has 1 fully saturated rings. The molecule has 9 nitrogen and oxygen atoms in total. The van der Waals surface area contributed by atoms with Gasteiger partial charge in [-0.05, 0) is 51.3 Å². The van der Waals surface area contributed by atoms with Crippen LogP contribution in [0.15, 0.2) is 28.9 Å². The zero-order chi connectivity index (χ0) is 24.4. The second kappa shape index (κ2) is 9.32. The molecule has 1 amide bonds. The summed E-state index contributed by atoms with van der Waals surface area (Å²) in [4.78, 5) is 25.5. The van der Waals surface area contributed by atoms with Gasteiger partial charge in [0.25, 0.3) is 5.91 Å². The molecule has 1 aliphatic rings. The number of hydrogen-bond acceptors (Lipinski definition) is 6. The summed E-state index contributed by atoms with van der Waals surface area (Å²) in [6, 6.07) is 7.93. The molecule has 1 saturated carbocycles. The highest BCUT2D eigenvalue weighted by molar-refractivity contribution is 5.98. The standard InChI is InChI=1S/C25H25N5O4/c1-15-16(2)30(18-8-4-5-9-18)23(19(15)12-26)28-21(31)14-33-25(32)22-17(3)34-24(20(22)13-27)29-10-6-7-11-29/h6-7,10-11,18H,4-5,8-9,14H2,1-3H3,(H,28,31). The SMILES string of the molecule is Cc1oc(-n2cccc2)c(C#N)c1C(=O)OCC(=O)Nc1c(C#N)c(C)c(C)n1C1CCCC1. The Bertz CT molecular complexity index is 1330. The van der Waals surface area contributed by atoms with Gasteiger partial charge in [-0.25, -0.2) is 4.79 Å². The van der Waals surface area contributed by atoms with E-state index in [0.717, 1.165) is 36.9 Å². The largest absolute Gasteiger partial charge is 0.452 e. The fourth-order valence-electron chi connectivity index (χ4n) is 4.61. The lowest BCUT2D eigenvalue weighted by molar-refractivity contribution is -0.119. The fourth-order valence-corrected chi connectivity index (χ4v) is 4.61. The lowest BCUT2D eigenvalue weighted by Crippen LogP contribution is -2.24. The minimum atomic E-state index is -0.828. The number of nitrogens with zero attached hydrogens (tertiary/aromatic N) is 4. The van der Waals surface area contributed by atoms with E-state index in [0.29, 0.717) is 11.4 Å². The maximum atomic E-state index is 12.8. The quantitative estimate of drug-likeness (QED) is 0.543. The van der Waals surface area contributed by atoms with Crippen molar-refractivity contribution in [2.45, 2.75) is 52.5 Å². The first-order valence-corrected chi connectivity index (χ1v) is 11.1. The first-order chi connectivity index (χ1) is 16.4. The van der Waals surface area contributed by atoms with E-state index in [-0.39, 0.29) is 28.8 Å². The van der Waals surface area contributed by atoms with Crippen molar-refractivity contribution in [1.29, 1.82) is 10.5 Å². The molecule has 0 unspecified atom stereocenters. The molecule has 34 heavy (non-hydrogen) atoms. The highest BCUT2D eigenvalue weighted by Crippen LogP contribution is 2.37. The van der Waals surface area contributed by atoms with Gasteiger partial charge < -0.3 is 19.0 Å². The number of furan rings is 1. The average Bonchev–Trinajstić information content (AvgIpc) is 3.60. The van der Waals surface area contributed by atoms with E-state index >= 15 is 0 Å². The number of amides is 1. The van der Waals surface area contributed by atoms with Crippen molar-refractivity contribution >= 4 is 17.7 Å². The third-order valence-electron chi connectivity index (χ3n) is 6.37. The Balaban J connectivity index is 1.52. The van der Waals surface area contributed by atoms with Gasteiger partial charge in [0.1, 0.15) is 34.8 Å². The highest BCUT2D eigenvalue weighted by atomic mass is 16.5. The first-order valence-electron chi connectivity index (χ1n) is 11.1. The number of rotatable bonds is 6. The summed E-state index contributed by atoms with van der Waals surface area (Å²) in [5, 5.41) is 22.1. The van der Waals surface area contributed by atoms with Crippen LogP contribution in [0, 0.1) is 43.4 Å². The summed E-state index contributed by atoms with van der Waals surface area (Å²) < 4.78 is 14.5. The molecule has 0 saturated heterocycles. The Morgan fingerprint density at radius 1 is 1.12 bits per heavy atom. The lowest BCUT2D eigenvalue weighted by Gasteiger charge is -2.19. The molecule has 174 valence electrons. The first kappa shape index (κ1) is 22.9. The van der Waals surface area contributed by atoms with Crippen LogP contribution in [-0.2, 0) is 9.53 Å². The molecule has 3 aromatic rings. The zero-order valence-corrected chi connectivity index (χ0v) is 19.3. The van der Waals surface area contributed by atoms with Gasteiger partial charge in [0, 0.05) is 24.1 Å². The molecule has 9 heteroatoms. The minimum Gasteiger partial charge on any atom is -0.452 e. The minimum absolute atomic E-state index is 0.0160. The third-order valence-corrected chi connectivity index (χ3v) is 6.37. The fraction of sp³-hybridized carbons (Fsp3) is 0.360. The van der Waals surface area contributed by atoms with Crippen molar-refractivity contribution < 1.29 is 18.7 Å². The average molecular weight is 460 g/mol. The summed E-state index contributed by atoms with van der Waals surface area (Å²) in [7, 11) is 0. The molecule has 1 N–H and O–H groups in total. The number of nitriles is 2. The summed E-state index contributed by atoms with van der Waals surface area (Å²) in [6.07, 6.45) is 7.56. The normalized spacial score (nSPS) is 13.4. The highest BCUT2D eigenvalue weighted by Gasteiger charge is 2.28. The number of ether oxygens (including phenoxy) is 1. The van der Waals surface area contributed by atoms with E-state index in [1.165, 1.54) is 0 Å². The van der Waals surface area contributed by atoms with Gasteiger partial charge >= 0.3 is 5.97 Å². The molecule has 3 aromatic heterocycles. The number of hydrogen-bond donors (Lipinski definition) is 1. The molecule has 4 rings (SSSR count). The second-order valence-corrected chi connectivity index (χ2v) is 8.39. The van der Waals surface area contributed by atoms with Crippen molar-refractivity contribution in [3.63, 3.8) is 0 Å². The predicted molar refractivity (Wildman–Crippen MR) is 123 cm³/mol. The molecule has 0 bridgehead atoms. The van der Waals surface area contributed by atoms with Gasteiger partial charge in [-0.3, -0.25) is 9.36 Å². The number of aryl methyl sites for hydroxylation is 1. The number of nitrogens with one attached hydrogen (secondary N) is 1. The van der Waals surface area contributed by atoms with Crippen molar-refractivity contribution in [3.05, 3.63) is 58.2 Å². The van der Waals surface area contributed by atoms with Gasteiger partial charge in [0.15, 0.2) is 6.61 Å². The molecule has 1 aliphatic carbocycles. The van der Waals surface area contributed by atoms with Crippen molar-refractivity contribution in [1.82, 2.24) is 9.13 Å². The zero-order valence-electron chi connectivity index (χ0n) is 19.3. The van der Waals surface area contributed by atoms with Crippen LogP contribution in [0.5, 0.6) is 0 Å². The van der Waals surface area contributed by atoms with Gasteiger partial charge in [0.2, 0.25) is 5.88 Å². The summed E-state index contributed by atoms with van der Waals surface area (Å²) in [5.74, 6) is -0.519. The summed E-state index contributed by atoms with van der Waals surface area (Å²) in [5.41, 5.74) is 2.20. The Morgan fingerprint density at radius 2 is 1.76 bits per heavy atom. The van der Waals surface area contributed by atoms with Crippen molar-refractivity contribution in [2.24, 2.45) is 0 Å². The number of carbonyl (C=O) groups excluding carboxylic acids is 2. The van der Waals surface area contributed by atoms with E-state index in [4.69, 9.17) is 9.15 Å². The maximum absolute atomic E-state index is 12.8. The number of anilines is 1. The second-order valence-electron chi connectivity index (χ2n) is 8.39. The van der Waals surface area contributed by atoms with E-state index in [1.54, 1.807) is 36.0 Å². The van der Waals surface area contributed by atoms with Gasteiger partial charge in [-0.1, -0.05) is 12.8 Å². The van der Waals surface area contributed by atoms with Gasteiger partial charge in [-0.15, -0.1) is 0 Å². The van der Waals surface area contributed by atoms with Crippen LogP contribution in [0.25, 0.3) is 5.88 Å². The molecular formula is C25H25N5O4. The Hall–Kier alpha value is -4.24. The lowest BCUT2D eigenvalue weighted by atomic mass is 10.1. The van der Waals surface area contributed by atoms with Gasteiger partial charge in [-0.2, -0.15) is 10.5 Å². The van der Waals surface area contributed by atoms with E-state index in [2.05, 4.69) is 11.4 Å². The molecule has 3 heterocycles. The molecule has 0 radical (unpaired) electrons. The van der Waals surface area contributed by atoms with E-state index < -0.39 is 18.5 Å². The molecule has 0 spiro atoms. The van der Waals surface area contributed by atoms with Crippen LogP contribution < -0.4 is 5.32 Å². The predicted octanol–water partition coefficient (Wildman–Crippen LogP) is 4.45. The van der Waals surface area contributed by atoms with E-state index in [1.807, 2.05) is 24.5 Å². The van der Waals surface area contributed by atoms with Crippen molar-refractivity contribution in [3.8, 4) is 18.0 Å². The monoisotopic (exact) mass is 459 g/mol. The van der Waals surface area contributed by atoms with Crippen LogP contribution in [0.4, 0.5) is 5.82 Å².